The zero-order valence-electron chi connectivity index (χ0n) is 18.9. The first-order valence-corrected chi connectivity index (χ1v) is 12.3. The molecule has 0 amide bonds. The fourth-order valence-electron chi connectivity index (χ4n) is 5.84. The number of H-pyrrole nitrogens is 1. The molecule has 10 nitrogen and oxygen atoms in total. The van der Waals surface area contributed by atoms with Crippen LogP contribution < -0.4 is 10.2 Å². The van der Waals surface area contributed by atoms with E-state index in [4.69, 9.17) is 16.3 Å². The van der Waals surface area contributed by atoms with Gasteiger partial charge < -0.3 is 20.1 Å². The number of hydrogen-bond donors (Lipinski definition) is 3. The molecule has 4 aliphatic rings. The van der Waals surface area contributed by atoms with Gasteiger partial charge in [-0.05, 0) is 43.6 Å². The molecule has 3 aromatic rings. The van der Waals surface area contributed by atoms with Crippen LogP contribution >= 0.6 is 11.6 Å². The molecule has 12 heteroatoms. The third-order valence-electron chi connectivity index (χ3n) is 7.55. The highest BCUT2D eigenvalue weighted by Crippen LogP contribution is 2.46. The number of carbonyl (C=O) groups is 1. The van der Waals surface area contributed by atoms with E-state index in [0.29, 0.717) is 48.1 Å². The van der Waals surface area contributed by atoms with Crippen LogP contribution in [-0.4, -0.2) is 68.6 Å². The number of aromatic amines is 1. The molecule has 2 bridgehead atoms. The molecule has 3 aliphatic carbocycles. The van der Waals surface area contributed by atoms with Gasteiger partial charge in [0.1, 0.15) is 5.69 Å². The summed E-state index contributed by atoms with van der Waals surface area (Å²) in [5.41, 5.74) is 0.905. The topological polar surface area (TPSA) is 129 Å². The van der Waals surface area contributed by atoms with Crippen molar-refractivity contribution in [3.63, 3.8) is 0 Å². The number of halogens is 2. The maximum atomic E-state index is 15.9. The molecule has 0 radical (unpaired) electrons. The van der Waals surface area contributed by atoms with Crippen molar-refractivity contribution in [2.75, 3.05) is 36.5 Å². The standard InChI is InChI=1S/C23H25ClFN7O3/c24-13-9-14-18(30-31-19(14)26-10-13)21-28-20(16(25)22(29-21)32-5-7-35-8-6-32)27-17-12-3-1-11(2-4-12)15(17)23(33)34/h9-12,15,17H,1-8H2,(H,33,34)(H,26,30,31)(H,27,28,29). The summed E-state index contributed by atoms with van der Waals surface area (Å²) in [5, 5.41) is 21.4. The highest BCUT2D eigenvalue weighted by molar-refractivity contribution is 6.31. The predicted molar refractivity (Wildman–Crippen MR) is 127 cm³/mol. The molecule has 3 saturated carbocycles. The van der Waals surface area contributed by atoms with Crippen molar-refractivity contribution in [2.45, 2.75) is 31.7 Å². The highest BCUT2D eigenvalue weighted by Gasteiger charge is 2.47. The van der Waals surface area contributed by atoms with E-state index in [-0.39, 0.29) is 29.3 Å². The number of pyridine rings is 1. The Morgan fingerprint density at radius 3 is 2.69 bits per heavy atom. The molecule has 35 heavy (non-hydrogen) atoms. The van der Waals surface area contributed by atoms with Gasteiger partial charge in [-0.1, -0.05) is 11.6 Å². The minimum atomic E-state index is -0.848. The van der Waals surface area contributed by atoms with Crippen molar-refractivity contribution in [3.05, 3.63) is 23.1 Å². The van der Waals surface area contributed by atoms with Gasteiger partial charge in [0, 0.05) is 25.3 Å². The molecule has 3 aromatic heterocycles. The zero-order valence-corrected chi connectivity index (χ0v) is 19.6. The molecule has 0 aromatic carbocycles. The number of carboxylic acids is 1. The molecule has 3 N–H and O–H groups in total. The third-order valence-corrected chi connectivity index (χ3v) is 7.75. The first-order chi connectivity index (χ1) is 17.0. The molecule has 1 aliphatic heterocycles. The summed E-state index contributed by atoms with van der Waals surface area (Å²) < 4.78 is 21.3. The first-order valence-electron chi connectivity index (χ1n) is 11.9. The molecule has 7 rings (SSSR count). The zero-order chi connectivity index (χ0) is 24.1. The maximum Gasteiger partial charge on any atom is 0.308 e. The van der Waals surface area contributed by atoms with Gasteiger partial charge in [-0.3, -0.25) is 9.89 Å². The third kappa shape index (κ3) is 3.96. The van der Waals surface area contributed by atoms with E-state index < -0.39 is 23.7 Å². The summed E-state index contributed by atoms with van der Waals surface area (Å²) >= 11 is 6.16. The van der Waals surface area contributed by atoms with Crippen LogP contribution in [0.1, 0.15) is 25.7 Å². The second kappa shape index (κ2) is 8.87. The van der Waals surface area contributed by atoms with Gasteiger partial charge in [-0.25, -0.2) is 15.0 Å². The van der Waals surface area contributed by atoms with E-state index >= 15 is 4.39 Å². The molecule has 0 spiro atoms. The molecular weight excluding hydrogens is 477 g/mol. The molecule has 1 saturated heterocycles. The number of ether oxygens (including phenoxy) is 1. The van der Waals surface area contributed by atoms with Crippen LogP contribution in [0.5, 0.6) is 0 Å². The number of nitrogens with zero attached hydrogens (tertiary/aromatic N) is 5. The SMILES string of the molecule is O=C(O)C1C2CCC(CC2)C1Nc1nc(-c2n[nH]c3ncc(Cl)cc23)nc(N2CCOCC2)c1F. The summed E-state index contributed by atoms with van der Waals surface area (Å²) in [6, 6.07) is 1.30. The van der Waals surface area contributed by atoms with E-state index in [1.165, 1.54) is 6.20 Å². The van der Waals surface area contributed by atoms with Crippen molar-refractivity contribution < 1.29 is 19.0 Å². The van der Waals surface area contributed by atoms with E-state index in [9.17, 15) is 9.90 Å². The largest absolute Gasteiger partial charge is 0.481 e. The first kappa shape index (κ1) is 22.4. The van der Waals surface area contributed by atoms with Crippen molar-refractivity contribution >= 4 is 40.2 Å². The van der Waals surface area contributed by atoms with Crippen molar-refractivity contribution in [2.24, 2.45) is 17.8 Å². The molecule has 4 fully saturated rings. The normalized spacial score (nSPS) is 26.3. The van der Waals surface area contributed by atoms with Gasteiger partial charge in [0.15, 0.2) is 23.1 Å². The Kier molecular flexibility index (Phi) is 5.68. The number of carboxylic acid groups (broad SMARTS) is 1. The number of nitrogens with one attached hydrogen (secondary N) is 2. The summed E-state index contributed by atoms with van der Waals surface area (Å²) in [6.07, 6.45) is 5.15. The van der Waals surface area contributed by atoms with Gasteiger partial charge in [0.2, 0.25) is 5.82 Å². The van der Waals surface area contributed by atoms with E-state index in [0.717, 1.165) is 25.7 Å². The molecule has 2 unspecified atom stereocenters. The van der Waals surface area contributed by atoms with Crippen LogP contribution in [0.4, 0.5) is 16.0 Å². The Hall–Kier alpha value is -3.05. The number of fused-ring (bicyclic) bond motifs is 4. The quantitative estimate of drug-likeness (QED) is 0.482. The lowest BCUT2D eigenvalue weighted by Crippen LogP contribution is -2.51. The summed E-state index contributed by atoms with van der Waals surface area (Å²) in [4.78, 5) is 27.3. The summed E-state index contributed by atoms with van der Waals surface area (Å²) in [7, 11) is 0. The Balaban J connectivity index is 1.45. The highest BCUT2D eigenvalue weighted by atomic mass is 35.5. The van der Waals surface area contributed by atoms with Gasteiger partial charge in [-0.2, -0.15) is 9.49 Å². The Bertz CT molecular complexity index is 1270. The number of hydrogen-bond acceptors (Lipinski definition) is 8. The second-order valence-electron chi connectivity index (χ2n) is 9.46. The molecular formula is C23H25ClFN7O3. The minimum Gasteiger partial charge on any atom is -0.481 e. The number of anilines is 2. The average molecular weight is 502 g/mol. The number of aliphatic carboxylic acids is 1. The van der Waals surface area contributed by atoms with Crippen LogP contribution in [0, 0.1) is 23.6 Å². The van der Waals surface area contributed by atoms with E-state index in [1.54, 1.807) is 6.07 Å². The monoisotopic (exact) mass is 501 g/mol. The number of morpholine rings is 1. The van der Waals surface area contributed by atoms with Crippen LogP contribution in [0.3, 0.4) is 0 Å². The fraction of sp³-hybridized carbons (Fsp3) is 0.522. The molecule has 184 valence electrons. The predicted octanol–water partition coefficient (Wildman–Crippen LogP) is 3.35. The van der Waals surface area contributed by atoms with Crippen molar-refractivity contribution in [1.29, 1.82) is 0 Å². The van der Waals surface area contributed by atoms with Gasteiger partial charge in [0.25, 0.3) is 0 Å². The van der Waals surface area contributed by atoms with Crippen LogP contribution in [0.25, 0.3) is 22.6 Å². The molecule has 2 atom stereocenters. The minimum absolute atomic E-state index is 0.00794. The lowest BCUT2D eigenvalue weighted by atomic mass is 9.61. The average Bonchev–Trinajstić information content (AvgIpc) is 3.29. The Morgan fingerprint density at radius 1 is 1.20 bits per heavy atom. The van der Waals surface area contributed by atoms with Gasteiger partial charge in [-0.15, -0.1) is 0 Å². The number of rotatable bonds is 5. The van der Waals surface area contributed by atoms with E-state index in [1.807, 2.05) is 4.90 Å². The Labute approximate surface area is 205 Å². The van der Waals surface area contributed by atoms with Crippen LogP contribution in [-0.2, 0) is 9.53 Å². The van der Waals surface area contributed by atoms with Crippen molar-refractivity contribution in [3.8, 4) is 11.5 Å². The summed E-state index contributed by atoms with van der Waals surface area (Å²) in [6.45, 7) is 1.88. The Morgan fingerprint density at radius 2 is 1.94 bits per heavy atom. The van der Waals surface area contributed by atoms with Gasteiger partial charge >= 0.3 is 5.97 Å². The lowest BCUT2D eigenvalue weighted by Gasteiger charge is -2.47. The van der Waals surface area contributed by atoms with Gasteiger partial charge in [0.05, 0.1) is 29.5 Å². The van der Waals surface area contributed by atoms with Crippen LogP contribution in [0.2, 0.25) is 5.02 Å². The second-order valence-corrected chi connectivity index (χ2v) is 9.90. The maximum absolute atomic E-state index is 15.9. The number of aromatic nitrogens is 5. The smallest absolute Gasteiger partial charge is 0.308 e. The molecule has 4 heterocycles. The van der Waals surface area contributed by atoms with Crippen LogP contribution in [0.15, 0.2) is 12.3 Å². The van der Waals surface area contributed by atoms with Crippen molar-refractivity contribution in [1.82, 2.24) is 25.1 Å². The summed E-state index contributed by atoms with van der Waals surface area (Å²) in [5.74, 6) is -1.45. The van der Waals surface area contributed by atoms with E-state index in [2.05, 4.69) is 30.5 Å². The lowest BCUT2D eigenvalue weighted by molar-refractivity contribution is -0.148. The fourth-order valence-corrected chi connectivity index (χ4v) is 6.00.